The number of nitrogen functional groups attached to an aromatic ring is 1. The number of aryl methyl sites for hydroxylation is 1. The van der Waals surface area contributed by atoms with E-state index in [0.717, 1.165) is 5.56 Å². The summed E-state index contributed by atoms with van der Waals surface area (Å²) in [7, 11) is 0. The van der Waals surface area contributed by atoms with Crippen LogP contribution in [0.4, 0.5) is 5.69 Å². The normalized spacial score (nSPS) is 11.7. The predicted octanol–water partition coefficient (Wildman–Crippen LogP) is 2.52. The van der Waals surface area contributed by atoms with Crippen LogP contribution in [0.5, 0.6) is 0 Å². The van der Waals surface area contributed by atoms with Gasteiger partial charge in [-0.3, -0.25) is 9.59 Å². The van der Waals surface area contributed by atoms with E-state index in [1.807, 2.05) is 37.3 Å². The van der Waals surface area contributed by atoms with E-state index in [-0.39, 0.29) is 23.6 Å². The van der Waals surface area contributed by atoms with Crippen molar-refractivity contribution < 1.29 is 9.59 Å². The van der Waals surface area contributed by atoms with Crippen molar-refractivity contribution in [1.29, 1.82) is 0 Å². The van der Waals surface area contributed by atoms with Crippen LogP contribution in [0.2, 0.25) is 0 Å². The van der Waals surface area contributed by atoms with Crippen molar-refractivity contribution in [2.24, 2.45) is 0 Å². The Bertz CT molecular complexity index is 1010. The minimum atomic E-state index is -0.271. The van der Waals surface area contributed by atoms with Gasteiger partial charge in [-0.1, -0.05) is 54.2 Å². The van der Waals surface area contributed by atoms with Crippen molar-refractivity contribution in [1.82, 2.24) is 20.2 Å². The van der Waals surface area contributed by atoms with Gasteiger partial charge < -0.3 is 16.5 Å². The largest absolute Gasteiger partial charge is 0.345 e. The molecule has 0 fully saturated rings. The first kappa shape index (κ1) is 20.4. The molecule has 9 heteroatoms. The Kier molecular flexibility index (Phi) is 6.50. The molecule has 0 radical (unpaired) electrons. The van der Waals surface area contributed by atoms with Crippen molar-refractivity contribution in [3.05, 3.63) is 71.5 Å². The lowest BCUT2D eigenvalue weighted by atomic mass is 10.1. The quantitative estimate of drug-likeness (QED) is 0.407. The molecular weight excluding hydrogens is 388 g/mol. The maximum Gasteiger partial charge on any atom is 0.253 e. The second-order valence-corrected chi connectivity index (χ2v) is 7.33. The molecule has 29 heavy (non-hydrogen) atoms. The van der Waals surface area contributed by atoms with Gasteiger partial charge in [0.1, 0.15) is 5.82 Å². The number of rotatable bonds is 7. The fourth-order valence-corrected chi connectivity index (χ4v) is 3.36. The number of aromatic nitrogens is 3. The van der Waals surface area contributed by atoms with Crippen LogP contribution in [0.25, 0.3) is 0 Å². The predicted molar refractivity (Wildman–Crippen MR) is 113 cm³/mol. The SMILES string of the molecule is Cc1nnc(SCC(=O)Nc2ccccc2C(=O)N[C@@H](C)c2ccccc2)n1N. The average Bonchev–Trinajstić information content (AvgIpc) is 3.05. The van der Waals surface area contributed by atoms with E-state index >= 15 is 0 Å². The molecule has 150 valence electrons. The van der Waals surface area contributed by atoms with Gasteiger partial charge >= 0.3 is 0 Å². The van der Waals surface area contributed by atoms with Gasteiger partial charge in [0.2, 0.25) is 11.1 Å². The van der Waals surface area contributed by atoms with E-state index in [1.165, 1.54) is 16.4 Å². The Labute approximate surface area is 172 Å². The van der Waals surface area contributed by atoms with Gasteiger partial charge in [-0.2, -0.15) is 0 Å². The van der Waals surface area contributed by atoms with Crippen molar-refractivity contribution in [2.45, 2.75) is 25.0 Å². The topological polar surface area (TPSA) is 115 Å². The van der Waals surface area contributed by atoms with E-state index in [4.69, 9.17) is 5.84 Å². The number of nitrogens with zero attached hydrogens (tertiary/aromatic N) is 3. The fraction of sp³-hybridized carbons (Fsp3) is 0.200. The number of hydrogen-bond donors (Lipinski definition) is 3. The second kappa shape index (κ2) is 9.24. The van der Waals surface area contributed by atoms with Crippen LogP contribution in [0.3, 0.4) is 0 Å². The fourth-order valence-electron chi connectivity index (χ4n) is 2.65. The maximum absolute atomic E-state index is 12.8. The number of nitrogens with one attached hydrogen (secondary N) is 2. The highest BCUT2D eigenvalue weighted by Crippen LogP contribution is 2.19. The number of hydrogen-bond acceptors (Lipinski definition) is 6. The summed E-state index contributed by atoms with van der Waals surface area (Å²) in [6.45, 7) is 3.64. The van der Waals surface area contributed by atoms with E-state index in [0.29, 0.717) is 22.2 Å². The highest BCUT2D eigenvalue weighted by Gasteiger charge is 2.16. The minimum Gasteiger partial charge on any atom is -0.345 e. The number of carbonyl (C=O) groups excluding carboxylic acids is 2. The summed E-state index contributed by atoms with van der Waals surface area (Å²) in [5, 5.41) is 13.9. The van der Waals surface area contributed by atoms with Crippen LogP contribution in [0, 0.1) is 6.92 Å². The first-order chi connectivity index (χ1) is 14.0. The maximum atomic E-state index is 12.8. The van der Waals surface area contributed by atoms with Crippen LogP contribution < -0.4 is 16.5 Å². The number of para-hydroxylation sites is 1. The highest BCUT2D eigenvalue weighted by atomic mass is 32.2. The molecule has 3 aromatic rings. The Morgan fingerprint density at radius 3 is 2.48 bits per heavy atom. The third-order valence-corrected chi connectivity index (χ3v) is 5.20. The molecule has 3 rings (SSSR count). The Hall–Kier alpha value is -3.33. The molecule has 0 bridgehead atoms. The van der Waals surface area contributed by atoms with Gasteiger partial charge in [0.05, 0.1) is 23.0 Å². The van der Waals surface area contributed by atoms with Crippen molar-refractivity contribution in [3.8, 4) is 0 Å². The van der Waals surface area contributed by atoms with Crippen LogP contribution in [0.15, 0.2) is 59.8 Å². The summed E-state index contributed by atoms with van der Waals surface area (Å²) in [6.07, 6.45) is 0. The molecule has 2 amide bonds. The third kappa shape index (κ3) is 5.14. The highest BCUT2D eigenvalue weighted by molar-refractivity contribution is 7.99. The average molecular weight is 411 g/mol. The molecule has 0 aliphatic rings. The van der Waals surface area contributed by atoms with Crippen molar-refractivity contribution >= 4 is 29.3 Å². The van der Waals surface area contributed by atoms with Gasteiger partial charge in [-0.25, -0.2) is 4.68 Å². The molecule has 0 saturated heterocycles. The monoisotopic (exact) mass is 410 g/mol. The van der Waals surface area contributed by atoms with Crippen LogP contribution >= 0.6 is 11.8 Å². The van der Waals surface area contributed by atoms with Crippen LogP contribution in [-0.4, -0.2) is 32.4 Å². The Morgan fingerprint density at radius 1 is 1.10 bits per heavy atom. The lowest BCUT2D eigenvalue weighted by Crippen LogP contribution is -2.28. The second-order valence-electron chi connectivity index (χ2n) is 6.39. The molecule has 1 aromatic heterocycles. The summed E-state index contributed by atoms with van der Waals surface area (Å²) in [6, 6.07) is 16.4. The number of nitrogens with two attached hydrogens (primary N) is 1. The summed E-state index contributed by atoms with van der Waals surface area (Å²) in [5.41, 5.74) is 1.84. The number of anilines is 1. The third-order valence-electron chi connectivity index (χ3n) is 4.26. The van der Waals surface area contributed by atoms with Gasteiger partial charge in [0, 0.05) is 0 Å². The van der Waals surface area contributed by atoms with Gasteiger partial charge in [0.15, 0.2) is 0 Å². The molecule has 1 atom stereocenters. The zero-order valence-corrected chi connectivity index (χ0v) is 16.9. The summed E-state index contributed by atoms with van der Waals surface area (Å²) < 4.78 is 1.32. The van der Waals surface area contributed by atoms with E-state index in [1.54, 1.807) is 31.2 Å². The molecular formula is C20H22N6O2S. The number of thioether (sulfide) groups is 1. The molecule has 1 heterocycles. The van der Waals surface area contributed by atoms with Crippen LogP contribution in [-0.2, 0) is 4.79 Å². The molecule has 2 aromatic carbocycles. The van der Waals surface area contributed by atoms with Gasteiger partial charge in [-0.15, -0.1) is 10.2 Å². The van der Waals surface area contributed by atoms with Crippen molar-refractivity contribution in [3.63, 3.8) is 0 Å². The smallest absolute Gasteiger partial charge is 0.253 e. The van der Waals surface area contributed by atoms with E-state index in [2.05, 4.69) is 20.8 Å². The molecule has 0 aliphatic heterocycles. The number of benzene rings is 2. The molecule has 0 aliphatic carbocycles. The van der Waals surface area contributed by atoms with Gasteiger partial charge in [0.25, 0.3) is 5.91 Å². The summed E-state index contributed by atoms with van der Waals surface area (Å²) >= 11 is 1.17. The zero-order valence-electron chi connectivity index (χ0n) is 16.1. The van der Waals surface area contributed by atoms with E-state index in [9.17, 15) is 9.59 Å². The lowest BCUT2D eigenvalue weighted by Gasteiger charge is -2.16. The van der Waals surface area contributed by atoms with Crippen molar-refractivity contribution in [2.75, 3.05) is 16.9 Å². The molecule has 0 unspecified atom stereocenters. The van der Waals surface area contributed by atoms with E-state index < -0.39 is 0 Å². The minimum absolute atomic E-state index is 0.0890. The standard InChI is InChI=1S/C20H22N6O2S/c1-13(15-8-4-3-5-9-15)22-19(28)16-10-6-7-11-17(16)23-18(27)12-29-20-25-24-14(2)26(20)21/h3-11,13H,12,21H2,1-2H3,(H,22,28)(H,23,27)/t13-/m0/s1. The summed E-state index contributed by atoms with van der Waals surface area (Å²) in [5.74, 6) is 5.90. The molecule has 0 spiro atoms. The van der Waals surface area contributed by atoms with Gasteiger partial charge in [-0.05, 0) is 31.5 Å². The molecule has 8 nitrogen and oxygen atoms in total. The molecule has 4 N–H and O–H groups in total. The Morgan fingerprint density at radius 2 is 1.79 bits per heavy atom. The van der Waals surface area contributed by atoms with Crippen LogP contribution in [0.1, 0.15) is 34.7 Å². The molecule has 0 saturated carbocycles. The number of amides is 2. The first-order valence-electron chi connectivity index (χ1n) is 9.00. The Balaban J connectivity index is 1.64. The zero-order chi connectivity index (χ0) is 20.8. The first-order valence-corrected chi connectivity index (χ1v) is 9.99. The lowest BCUT2D eigenvalue weighted by molar-refractivity contribution is -0.113. The summed E-state index contributed by atoms with van der Waals surface area (Å²) in [4.78, 5) is 25.1. The number of carbonyl (C=O) groups is 2.